The number of nitro groups is 1. The Bertz CT molecular complexity index is 815. The van der Waals surface area contributed by atoms with Gasteiger partial charge in [0.15, 0.2) is 0 Å². The van der Waals surface area contributed by atoms with E-state index in [-0.39, 0.29) is 46.7 Å². The SMILES string of the molecule is O=C1[C@@H]2[C@H](C(=O)N1/N=C\c1cc([N+](=O)[O-])ccc1[O-])[C@@H]1C=C[C@H]2CC1. The van der Waals surface area contributed by atoms with E-state index in [1.165, 1.54) is 0 Å². The van der Waals surface area contributed by atoms with Crippen LogP contribution >= 0.6 is 0 Å². The molecule has 4 atom stereocenters. The molecule has 0 radical (unpaired) electrons. The van der Waals surface area contributed by atoms with Gasteiger partial charge in [-0.2, -0.15) is 10.1 Å². The number of nitrogens with zero attached hydrogens (tertiary/aromatic N) is 3. The third-order valence-electron chi connectivity index (χ3n) is 5.25. The Balaban J connectivity index is 1.63. The van der Waals surface area contributed by atoms with Gasteiger partial charge in [-0.05, 0) is 30.2 Å². The molecule has 8 heteroatoms. The lowest BCUT2D eigenvalue weighted by atomic mass is 9.63. The lowest BCUT2D eigenvalue weighted by Gasteiger charge is -2.37. The highest BCUT2D eigenvalue weighted by atomic mass is 16.6. The Morgan fingerprint density at radius 2 is 1.72 bits per heavy atom. The standard InChI is InChI=1S/C17H15N3O5/c21-13-6-5-12(20(24)25)7-11(13)8-18-19-16(22)14-9-1-2-10(4-3-9)15(14)17(19)23/h1-2,5-10,14-15,21H,3-4H2/p-1/b18-8-/t9-,10+,14-,15+. The molecule has 8 nitrogen and oxygen atoms in total. The fourth-order valence-corrected chi connectivity index (χ4v) is 4.04. The lowest BCUT2D eigenvalue weighted by molar-refractivity contribution is -0.385. The van der Waals surface area contributed by atoms with E-state index >= 15 is 0 Å². The van der Waals surface area contributed by atoms with Gasteiger partial charge >= 0.3 is 0 Å². The van der Waals surface area contributed by atoms with Gasteiger partial charge in [0, 0.05) is 12.1 Å². The first-order chi connectivity index (χ1) is 12.0. The van der Waals surface area contributed by atoms with Crippen LogP contribution in [-0.2, 0) is 9.59 Å². The van der Waals surface area contributed by atoms with Crippen LogP contribution in [0, 0.1) is 33.8 Å². The van der Waals surface area contributed by atoms with Crippen LogP contribution in [0.2, 0.25) is 0 Å². The number of amides is 2. The van der Waals surface area contributed by atoms with Crippen molar-refractivity contribution in [3.63, 3.8) is 0 Å². The Hall–Kier alpha value is -3.03. The Morgan fingerprint density at radius 3 is 2.24 bits per heavy atom. The van der Waals surface area contributed by atoms with Gasteiger partial charge in [-0.3, -0.25) is 19.7 Å². The van der Waals surface area contributed by atoms with Crippen LogP contribution < -0.4 is 5.11 Å². The number of carbonyl (C=O) groups is 2. The number of carbonyl (C=O) groups excluding carboxylic acids is 2. The summed E-state index contributed by atoms with van der Waals surface area (Å²) in [4.78, 5) is 35.4. The number of benzene rings is 1. The summed E-state index contributed by atoms with van der Waals surface area (Å²) in [6.07, 6.45) is 6.83. The first-order valence-electron chi connectivity index (χ1n) is 8.03. The van der Waals surface area contributed by atoms with E-state index in [1.54, 1.807) is 0 Å². The molecule has 1 aliphatic heterocycles. The van der Waals surface area contributed by atoms with Crippen LogP contribution in [0.25, 0.3) is 0 Å². The van der Waals surface area contributed by atoms with Crippen molar-refractivity contribution in [3.05, 3.63) is 46.0 Å². The number of fused-ring (bicyclic) bond motifs is 1. The highest BCUT2D eigenvalue weighted by Crippen LogP contribution is 2.49. The predicted octanol–water partition coefficient (Wildman–Crippen LogP) is 1.20. The molecule has 1 aromatic carbocycles. The molecule has 2 bridgehead atoms. The summed E-state index contributed by atoms with van der Waals surface area (Å²) in [6, 6.07) is 3.25. The van der Waals surface area contributed by atoms with Crippen molar-refractivity contribution in [2.45, 2.75) is 12.8 Å². The van der Waals surface area contributed by atoms with E-state index in [1.807, 2.05) is 12.2 Å². The topological polar surface area (TPSA) is 116 Å². The van der Waals surface area contributed by atoms with Crippen LogP contribution in [0.5, 0.6) is 5.75 Å². The Kier molecular flexibility index (Phi) is 3.41. The van der Waals surface area contributed by atoms with Gasteiger partial charge in [-0.1, -0.05) is 24.0 Å². The van der Waals surface area contributed by atoms with E-state index in [4.69, 9.17) is 0 Å². The molecule has 0 aromatic heterocycles. The average Bonchev–Trinajstić information content (AvgIpc) is 2.88. The number of hydrogen-bond donors (Lipinski definition) is 0. The number of rotatable bonds is 3. The maximum atomic E-state index is 12.6. The van der Waals surface area contributed by atoms with Gasteiger partial charge in [0.1, 0.15) is 0 Å². The average molecular weight is 340 g/mol. The maximum absolute atomic E-state index is 12.6. The van der Waals surface area contributed by atoms with Crippen molar-refractivity contribution in [2.75, 3.05) is 0 Å². The first-order valence-corrected chi connectivity index (χ1v) is 8.03. The van der Waals surface area contributed by atoms with Crippen LogP contribution in [0.15, 0.2) is 35.5 Å². The number of allylic oxidation sites excluding steroid dienone is 2. The molecule has 0 spiro atoms. The highest BCUT2D eigenvalue weighted by molar-refractivity contribution is 6.06. The summed E-state index contributed by atoms with van der Waals surface area (Å²) in [6.45, 7) is 0. The largest absolute Gasteiger partial charge is 0.872 e. The van der Waals surface area contributed by atoms with Gasteiger partial charge in [-0.15, -0.1) is 0 Å². The van der Waals surface area contributed by atoms with Crippen LogP contribution in [0.1, 0.15) is 18.4 Å². The van der Waals surface area contributed by atoms with E-state index in [0.29, 0.717) is 0 Å². The molecule has 0 N–H and O–H groups in total. The molecule has 0 unspecified atom stereocenters. The smallest absolute Gasteiger partial charge is 0.270 e. The molecular formula is C17H14N3O5-. The summed E-state index contributed by atoms with van der Waals surface area (Å²) >= 11 is 0. The molecule has 5 rings (SSSR count). The van der Waals surface area contributed by atoms with E-state index in [9.17, 15) is 24.8 Å². The fourth-order valence-electron chi connectivity index (χ4n) is 4.04. The minimum atomic E-state index is -0.624. The van der Waals surface area contributed by atoms with Crippen molar-refractivity contribution in [3.8, 4) is 5.75 Å². The van der Waals surface area contributed by atoms with Gasteiger partial charge in [-0.25, -0.2) is 0 Å². The van der Waals surface area contributed by atoms with E-state index in [2.05, 4.69) is 5.10 Å². The number of imide groups is 1. The molecule has 128 valence electrons. The quantitative estimate of drug-likeness (QED) is 0.269. The van der Waals surface area contributed by atoms with Gasteiger partial charge < -0.3 is 5.11 Å². The zero-order valence-corrected chi connectivity index (χ0v) is 13.1. The number of nitro benzene ring substituents is 1. The van der Waals surface area contributed by atoms with E-state index in [0.717, 1.165) is 42.3 Å². The van der Waals surface area contributed by atoms with Crippen molar-refractivity contribution in [1.82, 2.24) is 5.01 Å². The second-order valence-corrected chi connectivity index (χ2v) is 6.55. The third kappa shape index (κ3) is 2.33. The van der Waals surface area contributed by atoms with Gasteiger partial charge in [0.25, 0.3) is 17.5 Å². The Morgan fingerprint density at radius 1 is 1.12 bits per heavy atom. The maximum Gasteiger partial charge on any atom is 0.270 e. The summed E-state index contributed by atoms with van der Waals surface area (Å²) in [5.74, 6) is -1.84. The van der Waals surface area contributed by atoms with Gasteiger partial charge in [0.2, 0.25) is 0 Å². The fraction of sp³-hybridized carbons (Fsp3) is 0.353. The summed E-state index contributed by atoms with van der Waals surface area (Å²) in [5, 5.41) is 27.3. The predicted molar refractivity (Wildman–Crippen MR) is 84.3 cm³/mol. The normalized spacial score (nSPS) is 30.3. The lowest BCUT2D eigenvalue weighted by Crippen LogP contribution is -2.38. The first kappa shape index (κ1) is 15.5. The summed E-state index contributed by atoms with van der Waals surface area (Å²) < 4.78 is 0. The molecule has 2 fully saturated rings. The monoisotopic (exact) mass is 340 g/mol. The number of non-ortho nitro benzene ring substituents is 1. The molecular weight excluding hydrogens is 326 g/mol. The molecule has 1 aromatic rings. The third-order valence-corrected chi connectivity index (χ3v) is 5.25. The molecule has 3 aliphatic carbocycles. The number of hydrazone groups is 1. The van der Waals surface area contributed by atoms with Crippen molar-refractivity contribution in [1.29, 1.82) is 0 Å². The number of hydrogen-bond acceptors (Lipinski definition) is 6. The minimum absolute atomic E-state index is 0.0363. The molecule has 1 saturated heterocycles. The Labute approximate surface area is 142 Å². The van der Waals surface area contributed by atoms with Crippen molar-refractivity contribution >= 4 is 23.7 Å². The van der Waals surface area contributed by atoms with Crippen LogP contribution in [-0.4, -0.2) is 28.0 Å². The minimum Gasteiger partial charge on any atom is -0.872 e. The van der Waals surface area contributed by atoms with Crippen molar-refractivity contribution < 1.29 is 19.6 Å². The molecule has 25 heavy (non-hydrogen) atoms. The molecule has 1 saturated carbocycles. The van der Waals surface area contributed by atoms with Crippen LogP contribution in [0.4, 0.5) is 5.69 Å². The van der Waals surface area contributed by atoms with Crippen LogP contribution in [0.3, 0.4) is 0 Å². The summed E-state index contributed by atoms with van der Waals surface area (Å²) in [7, 11) is 0. The highest BCUT2D eigenvalue weighted by Gasteiger charge is 2.56. The molecule has 2 amide bonds. The second kappa shape index (κ2) is 5.51. The summed E-state index contributed by atoms with van der Waals surface area (Å²) in [5.41, 5.74) is -0.290. The zero-order chi connectivity index (χ0) is 17.7. The molecule has 1 heterocycles. The van der Waals surface area contributed by atoms with Crippen molar-refractivity contribution in [2.24, 2.45) is 28.8 Å². The molecule has 4 aliphatic rings. The van der Waals surface area contributed by atoms with Gasteiger partial charge in [0.05, 0.1) is 23.0 Å². The van der Waals surface area contributed by atoms with E-state index < -0.39 is 10.7 Å². The zero-order valence-electron chi connectivity index (χ0n) is 13.1. The second-order valence-electron chi connectivity index (χ2n) is 6.55.